The summed E-state index contributed by atoms with van der Waals surface area (Å²) in [4.78, 5) is 34.7. The number of methoxy groups -OCH3 is 2. The molecule has 0 bridgehead atoms. The molecule has 6 aliphatic heterocycles. The molecule has 0 radical (unpaired) electrons. The molecule has 15 heteroatoms. The monoisotopic (exact) mass is 740 g/mol. The Kier molecular flexibility index (Phi) is 12.2. The molecule has 2 aliphatic carbocycles. The van der Waals surface area contributed by atoms with Gasteiger partial charge in [0.05, 0.1) is 58.1 Å². The maximum absolute atomic E-state index is 11.6. The minimum absolute atomic E-state index is 0.200. The molecule has 8 fully saturated rings. The molecule has 6 saturated heterocycles. The number of hydrogen-bond donors (Lipinski definition) is 2. The molecule has 52 heavy (non-hydrogen) atoms. The average molecular weight is 741 g/mol. The molecule has 2 saturated carbocycles. The zero-order valence-corrected chi connectivity index (χ0v) is 30.3. The number of hydrogen-bond acceptors (Lipinski definition) is 15. The predicted octanol–water partition coefficient (Wildman–Crippen LogP) is 2.17. The summed E-state index contributed by atoms with van der Waals surface area (Å²) in [5.74, 6) is -1.84. The van der Waals surface area contributed by atoms with Crippen LogP contribution in [0, 0.1) is 0 Å². The quantitative estimate of drug-likeness (QED) is 0.286. The summed E-state index contributed by atoms with van der Waals surface area (Å²) in [6.45, 7) is -0.395. The third-order valence-corrected chi connectivity index (χ3v) is 12.2. The number of carbonyl (C=O) groups is 3. The Morgan fingerprint density at radius 1 is 0.654 bits per heavy atom. The van der Waals surface area contributed by atoms with Crippen LogP contribution in [-0.2, 0) is 61.8 Å². The van der Waals surface area contributed by atoms with E-state index < -0.39 is 48.7 Å². The van der Waals surface area contributed by atoms with Gasteiger partial charge < -0.3 is 62.4 Å². The van der Waals surface area contributed by atoms with Crippen molar-refractivity contribution in [3.05, 3.63) is 0 Å². The zero-order valence-electron chi connectivity index (χ0n) is 30.3. The molecule has 8 rings (SSSR count). The lowest BCUT2D eigenvalue weighted by Gasteiger charge is -2.47. The Bertz CT molecular complexity index is 1240. The lowest BCUT2D eigenvalue weighted by Crippen LogP contribution is -2.62. The van der Waals surface area contributed by atoms with Gasteiger partial charge in [0.2, 0.25) is 0 Å². The van der Waals surface area contributed by atoms with Crippen LogP contribution in [0.2, 0.25) is 0 Å². The molecule has 294 valence electrons. The minimum Gasteiger partial charge on any atom is -0.469 e. The fourth-order valence-corrected chi connectivity index (χ4v) is 9.56. The van der Waals surface area contributed by atoms with Gasteiger partial charge in [-0.05, 0) is 51.4 Å². The van der Waals surface area contributed by atoms with Crippen LogP contribution in [-0.4, -0.2) is 140 Å². The van der Waals surface area contributed by atoms with Gasteiger partial charge >= 0.3 is 11.9 Å². The Labute approximate surface area is 304 Å². The van der Waals surface area contributed by atoms with Crippen LogP contribution in [0.3, 0.4) is 0 Å². The van der Waals surface area contributed by atoms with Crippen molar-refractivity contribution in [1.82, 2.24) is 0 Å². The SMILES string of the molecule is COC(=O)C[C@H]1CC[C@@H]2O[C@@H](C=O)C3OC4(CCCCC4)O[C@H]3[C@H]2O1.COC(=O)C[C@H]1CC[C@@H]2O[C@@H]([C@H](O)CO)C3OC4(CCCCC4)O[C@H]3[C@H]2O1. The topological polar surface area (TPSA) is 184 Å². The number of aldehydes is 1. The van der Waals surface area contributed by atoms with E-state index >= 15 is 0 Å². The van der Waals surface area contributed by atoms with Gasteiger partial charge in [-0.15, -0.1) is 0 Å². The molecule has 0 aromatic rings. The van der Waals surface area contributed by atoms with Gasteiger partial charge in [0.25, 0.3) is 0 Å². The first-order valence-corrected chi connectivity index (χ1v) is 19.4. The van der Waals surface area contributed by atoms with E-state index in [2.05, 4.69) is 0 Å². The van der Waals surface area contributed by atoms with Crippen LogP contribution in [0.1, 0.15) is 103 Å². The maximum atomic E-state index is 11.6. The van der Waals surface area contributed by atoms with E-state index in [1.54, 1.807) is 0 Å². The normalized spacial score (nSPS) is 42.0. The van der Waals surface area contributed by atoms with E-state index in [0.717, 1.165) is 70.5 Å². The first-order chi connectivity index (χ1) is 25.2. The molecule has 2 spiro atoms. The van der Waals surface area contributed by atoms with E-state index in [-0.39, 0.29) is 73.6 Å². The van der Waals surface area contributed by atoms with Crippen LogP contribution in [0.25, 0.3) is 0 Å². The van der Waals surface area contributed by atoms with Crippen LogP contribution < -0.4 is 0 Å². The second-order valence-corrected chi connectivity index (χ2v) is 15.6. The van der Waals surface area contributed by atoms with Crippen LogP contribution >= 0.6 is 0 Å². The van der Waals surface area contributed by atoms with E-state index in [1.807, 2.05) is 0 Å². The molecule has 2 N–H and O–H groups in total. The van der Waals surface area contributed by atoms with Crippen LogP contribution in [0.4, 0.5) is 0 Å². The van der Waals surface area contributed by atoms with Crippen LogP contribution in [0.5, 0.6) is 0 Å². The third kappa shape index (κ3) is 7.96. The molecule has 6 heterocycles. The second-order valence-electron chi connectivity index (χ2n) is 15.6. The highest BCUT2D eigenvalue weighted by atomic mass is 16.8. The van der Waals surface area contributed by atoms with E-state index in [1.165, 1.54) is 20.6 Å². The van der Waals surface area contributed by atoms with Crippen molar-refractivity contribution in [2.24, 2.45) is 0 Å². The van der Waals surface area contributed by atoms with E-state index in [4.69, 9.17) is 47.4 Å². The number of aliphatic hydroxyl groups excluding tert-OH is 2. The highest BCUT2D eigenvalue weighted by Gasteiger charge is 2.61. The van der Waals surface area contributed by atoms with Crippen molar-refractivity contribution in [1.29, 1.82) is 0 Å². The number of esters is 2. The molecule has 2 unspecified atom stereocenters. The molecular formula is C37H56O15. The Morgan fingerprint density at radius 3 is 1.60 bits per heavy atom. The fourth-order valence-electron chi connectivity index (χ4n) is 9.56. The second kappa shape index (κ2) is 16.5. The molecular weight excluding hydrogens is 684 g/mol. The molecule has 0 aromatic carbocycles. The summed E-state index contributed by atoms with van der Waals surface area (Å²) in [6.07, 6.45) is 8.35. The van der Waals surface area contributed by atoms with Gasteiger partial charge in [-0.1, -0.05) is 12.8 Å². The smallest absolute Gasteiger partial charge is 0.308 e. The summed E-state index contributed by atoms with van der Waals surface area (Å²) >= 11 is 0. The lowest BCUT2D eigenvalue weighted by molar-refractivity contribution is -0.256. The Morgan fingerprint density at radius 2 is 1.12 bits per heavy atom. The lowest BCUT2D eigenvalue weighted by atomic mass is 9.87. The van der Waals surface area contributed by atoms with E-state index in [9.17, 15) is 24.6 Å². The molecule has 0 aromatic heterocycles. The molecule has 8 aliphatic rings. The standard InChI is InChI=1S/C19H30O8.C18H26O7/c1-23-14(22)9-11-5-6-13-16(24-11)18-17(15(25-13)12(21)10-20)26-19(27-18)7-3-2-4-8-19;1-21-14(20)9-11-5-6-12-15(22-11)17-16(13(10-19)23-12)24-18(25-17)7-3-2-4-8-18/h11-13,15-18,20-21H,2-10H2,1H3;10-13,15-17H,2-9H2,1H3/t11-,12-,13+,15+,16+,17?,18+;11-,12+,13+,15+,16?,17+/m11/s1. The number of rotatable bonds is 7. The first-order valence-electron chi connectivity index (χ1n) is 19.4. The number of fused-ring (bicyclic) bond motifs is 6. The molecule has 15 nitrogen and oxygen atoms in total. The minimum atomic E-state index is -1.03. The van der Waals surface area contributed by atoms with Gasteiger partial charge in [0.1, 0.15) is 54.9 Å². The first kappa shape index (κ1) is 38.5. The maximum Gasteiger partial charge on any atom is 0.308 e. The predicted molar refractivity (Wildman–Crippen MR) is 177 cm³/mol. The number of aliphatic hydroxyl groups is 2. The van der Waals surface area contributed by atoms with Gasteiger partial charge in [-0.25, -0.2) is 0 Å². The van der Waals surface area contributed by atoms with Gasteiger partial charge in [0.15, 0.2) is 17.9 Å². The highest BCUT2D eigenvalue weighted by Crippen LogP contribution is 2.49. The van der Waals surface area contributed by atoms with Crippen LogP contribution in [0.15, 0.2) is 0 Å². The molecule has 0 amide bonds. The van der Waals surface area contributed by atoms with Crippen molar-refractivity contribution >= 4 is 18.2 Å². The van der Waals surface area contributed by atoms with Gasteiger partial charge in [-0.3, -0.25) is 9.59 Å². The number of ether oxygens (including phenoxy) is 10. The summed E-state index contributed by atoms with van der Waals surface area (Å²) in [7, 11) is 2.75. The highest BCUT2D eigenvalue weighted by molar-refractivity contribution is 5.70. The van der Waals surface area contributed by atoms with Crippen molar-refractivity contribution < 1.29 is 72.0 Å². The number of carbonyl (C=O) groups excluding carboxylic acids is 3. The Hall–Kier alpha value is -1.79. The summed E-state index contributed by atoms with van der Waals surface area (Å²) in [5, 5.41) is 19.8. The van der Waals surface area contributed by atoms with Crippen molar-refractivity contribution in [2.45, 2.75) is 194 Å². The summed E-state index contributed by atoms with van der Waals surface area (Å²) < 4.78 is 59.3. The van der Waals surface area contributed by atoms with Crippen molar-refractivity contribution in [3.63, 3.8) is 0 Å². The van der Waals surface area contributed by atoms with Crippen molar-refractivity contribution in [2.75, 3.05) is 20.8 Å². The summed E-state index contributed by atoms with van der Waals surface area (Å²) in [5.41, 5.74) is 0. The van der Waals surface area contributed by atoms with Crippen molar-refractivity contribution in [3.8, 4) is 0 Å². The fraction of sp³-hybridized carbons (Fsp3) is 0.919. The van der Waals surface area contributed by atoms with E-state index in [0.29, 0.717) is 19.3 Å². The zero-order chi connectivity index (χ0) is 36.5. The summed E-state index contributed by atoms with van der Waals surface area (Å²) in [6, 6.07) is 0. The Balaban J connectivity index is 0.000000162. The van der Waals surface area contributed by atoms with Gasteiger partial charge in [-0.2, -0.15) is 0 Å². The largest absolute Gasteiger partial charge is 0.469 e. The average Bonchev–Trinajstić information content (AvgIpc) is 3.73. The molecule has 13 atom stereocenters. The third-order valence-electron chi connectivity index (χ3n) is 12.2. The van der Waals surface area contributed by atoms with Gasteiger partial charge in [0, 0.05) is 25.7 Å².